The van der Waals surface area contributed by atoms with Gasteiger partial charge in [0, 0.05) is 50.8 Å². The fourth-order valence-electron chi connectivity index (χ4n) is 4.53. The molecule has 3 rings (SSSR count). The van der Waals surface area contributed by atoms with Crippen LogP contribution in [0.15, 0.2) is 35.3 Å². The van der Waals surface area contributed by atoms with Gasteiger partial charge in [0.15, 0.2) is 5.96 Å². The zero-order chi connectivity index (χ0) is 21.1. The summed E-state index contributed by atoms with van der Waals surface area (Å²) in [4.78, 5) is 4.41. The van der Waals surface area contributed by atoms with Gasteiger partial charge < -0.3 is 25.4 Å². The van der Waals surface area contributed by atoms with E-state index in [2.05, 4.69) is 58.2 Å². The van der Waals surface area contributed by atoms with E-state index in [0.717, 1.165) is 58.3 Å². The van der Waals surface area contributed by atoms with Crippen LogP contribution in [-0.2, 0) is 9.47 Å². The highest BCUT2D eigenvalue weighted by Crippen LogP contribution is 2.31. The lowest BCUT2D eigenvalue weighted by Gasteiger charge is -2.35. The standard InChI is InChI=1S/C24H40N4O2.HI/c1-20(22-9-4-3-5-10-22)28-24(12-6-7-13-24)19-27-23(25-2)26-14-8-15-29-17-21-11-16-30-18-21;/h3-5,9-10,20-21,28H,6-8,11-19H2,1-2H3,(H2,25,26,27);1H. The first-order valence-corrected chi connectivity index (χ1v) is 11.6. The average molecular weight is 545 g/mol. The Morgan fingerprint density at radius 1 is 1.23 bits per heavy atom. The van der Waals surface area contributed by atoms with Crippen LogP contribution in [0.1, 0.15) is 57.1 Å². The van der Waals surface area contributed by atoms with Gasteiger partial charge in [0.25, 0.3) is 0 Å². The number of rotatable bonds is 11. The Kier molecular flexibility index (Phi) is 12.1. The zero-order valence-corrected chi connectivity index (χ0v) is 21.5. The summed E-state index contributed by atoms with van der Waals surface area (Å²) in [6.07, 6.45) is 7.08. The van der Waals surface area contributed by atoms with Crippen LogP contribution in [0, 0.1) is 5.92 Å². The van der Waals surface area contributed by atoms with Crippen molar-refractivity contribution in [3.63, 3.8) is 0 Å². The molecule has 0 aromatic heterocycles. The molecular formula is C24H41IN4O2. The van der Waals surface area contributed by atoms with Crippen molar-refractivity contribution in [1.29, 1.82) is 0 Å². The molecule has 0 radical (unpaired) electrons. The highest BCUT2D eigenvalue weighted by atomic mass is 127. The Morgan fingerprint density at radius 2 is 2.00 bits per heavy atom. The maximum Gasteiger partial charge on any atom is 0.191 e. The van der Waals surface area contributed by atoms with Crippen molar-refractivity contribution >= 4 is 29.9 Å². The largest absolute Gasteiger partial charge is 0.381 e. The van der Waals surface area contributed by atoms with E-state index in [-0.39, 0.29) is 29.5 Å². The van der Waals surface area contributed by atoms with Crippen molar-refractivity contribution in [3.8, 4) is 0 Å². The van der Waals surface area contributed by atoms with Gasteiger partial charge in [-0.2, -0.15) is 0 Å². The quantitative estimate of drug-likeness (QED) is 0.171. The summed E-state index contributed by atoms with van der Waals surface area (Å²) in [6.45, 7) is 7.36. The summed E-state index contributed by atoms with van der Waals surface area (Å²) >= 11 is 0. The molecule has 1 aromatic rings. The van der Waals surface area contributed by atoms with Crippen LogP contribution in [0.2, 0.25) is 0 Å². The maximum absolute atomic E-state index is 5.79. The summed E-state index contributed by atoms with van der Waals surface area (Å²) in [7, 11) is 1.84. The second kappa shape index (κ2) is 14.3. The lowest BCUT2D eigenvalue weighted by Crippen LogP contribution is -2.54. The second-order valence-corrected chi connectivity index (χ2v) is 8.77. The van der Waals surface area contributed by atoms with Gasteiger partial charge in [-0.25, -0.2) is 0 Å². The Balaban J connectivity index is 0.00000341. The number of ether oxygens (including phenoxy) is 2. The fraction of sp³-hybridized carbons (Fsp3) is 0.708. The molecule has 1 saturated carbocycles. The van der Waals surface area contributed by atoms with Gasteiger partial charge in [-0.3, -0.25) is 4.99 Å². The van der Waals surface area contributed by atoms with E-state index in [1.54, 1.807) is 0 Å². The van der Waals surface area contributed by atoms with Crippen LogP contribution in [0.4, 0.5) is 0 Å². The summed E-state index contributed by atoms with van der Waals surface area (Å²) in [5.41, 5.74) is 1.47. The molecule has 3 N–H and O–H groups in total. The molecule has 2 atom stereocenters. The first-order valence-electron chi connectivity index (χ1n) is 11.6. The van der Waals surface area contributed by atoms with Crippen LogP contribution in [0.5, 0.6) is 0 Å². The molecule has 6 nitrogen and oxygen atoms in total. The smallest absolute Gasteiger partial charge is 0.191 e. The number of nitrogens with zero attached hydrogens (tertiary/aromatic N) is 1. The van der Waals surface area contributed by atoms with Crippen LogP contribution in [0.3, 0.4) is 0 Å². The maximum atomic E-state index is 5.79. The molecule has 0 spiro atoms. The molecule has 7 heteroatoms. The fourth-order valence-corrected chi connectivity index (χ4v) is 4.53. The molecule has 0 bridgehead atoms. The first kappa shape index (κ1) is 26.4. The van der Waals surface area contributed by atoms with Gasteiger partial charge in [0.05, 0.1) is 13.2 Å². The van der Waals surface area contributed by atoms with Crippen LogP contribution < -0.4 is 16.0 Å². The second-order valence-electron chi connectivity index (χ2n) is 8.77. The van der Waals surface area contributed by atoms with Crippen molar-refractivity contribution in [2.75, 3.05) is 46.6 Å². The number of nitrogens with one attached hydrogen (secondary N) is 3. The van der Waals surface area contributed by atoms with E-state index >= 15 is 0 Å². The third kappa shape index (κ3) is 8.86. The van der Waals surface area contributed by atoms with Gasteiger partial charge >= 0.3 is 0 Å². The minimum absolute atomic E-state index is 0. The Labute approximate surface area is 205 Å². The van der Waals surface area contributed by atoms with Crippen molar-refractivity contribution in [3.05, 3.63) is 35.9 Å². The van der Waals surface area contributed by atoms with E-state index in [1.807, 2.05) is 7.05 Å². The van der Waals surface area contributed by atoms with Crippen molar-refractivity contribution in [2.45, 2.75) is 57.0 Å². The lowest BCUT2D eigenvalue weighted by atomic mass is 9.94. The number of aliphatic imine (C=N–C) groups is 1. The molecule has 0 amide bonds. The molecule has 176 valence electrons. The molecule has 1 aliphatic heterocycles. The van der Waals surface area contributed by atoms with Gasteiger partial charge in [-0.15, -0.1) is 24.0 Å². The van der Waals surface area contributed by atoms with Gasteiger partial charge in [0.1, 0.15) is 0 Å². The number of guanidine groups is 1. The molecule has 2 fully saturated rings. The van der Waals surface area contributed by atoms with E-state index in [0.29, 0.717) is 12.0 Å². The van der Waals surface area contributed by atoms with Crippen LogP contribution in [0.25, 0.3) is 0 Å². The molecule has 1 saturated heterocycles. The normalized spacial score (nSPS) is 21.5. The minimum atomic E-state index is 0. The SMILES string of the molecule is CN=C(NCCCOCC1CCOC1)NCC1(NC(C)c2ccccc2)CCCC1.I. The van der Waals surface area contributed by atoms with E-state index < -0.39 is 0 Å². The zero-order valence-electron chi connectivity index (χ0n) is 19.2. The van der Waals surface area contributed by atoms with E-state index in [9.17, 15) is 0 Å². The van der Waals surface area contributed by atoms with Gasteiger partial charge in [-0.05, 0) is 38.2 Å². The van der Waals surface area contributed by atoms with Crippen LogP contribution >= 0.6 is 24.0 Å². The molecular weight excluding hydrogens is 503 g/mol. The van der Waals surface area contributed by atoms with Crippen molar-refractivity contribution in [1.82, 2.24) is 16.0 Å². The Bertz CT molecular complexity index is 632. The predicted molar refractivity (Wildman–Crippen MR) is 138 cm³/mol. The number of hydrogen-bond acceptors (Lipinski definition) is 4. The van der Waals surface area contributed by atoms with Crippen LogP contribution in [-0.4, -0.2) is 58.1 Å². The highest BCUT2D eigenvalue weighted by Gasteiger charge is 2.35. The Hall–Kier alpha value is -0.900. The molecule has 31 heavy (non-hydrogen) atoms. The molecule has 1 aromatic carbocycles. The topological polar surface area (TPSA) is 66.9 Å². The monoisotopic (exact) mass is 544 g/mol. The van der Waals surface area contributed by atoms with Gasteiger partial charge in [0.2, 0.25) is 0 Å². The van der Waals surface area contributed by atoms with Crippen molar-refractivity contribution < 1.29 is 9.47 Å². The summed E-state index contributed by atoms with van der Waals surface area (Å²) in [6, 6.07) is 11.1. The average Bonchev–Trinajstić information content (AvgIpc) is 3.46. The molecule has 2 unspecified atom stereocenters. The highest BCUT2D eigenvalue weighted by molar-refractivity contribution is 14.0. The van der Waals surface area contributed by atoms with Gasteiger partial charge in [-0.1, -0.05) is 43.2 Å². The van der Waals surface area contributed by atoms with E-state index in [4.69, 9.17) is 9.47 Å². The minimum Gasteiger partial charge on any atom is -0.381 e. The number of hydrogen-bond donors (Lipinski definition) is 3. The number of benzene rings is 1. The summed E-state index contributed by atoms with van der Waals surface area (Å²) < 4.78 is 11.2. The lowest BCUT2D eigenvalue weighted by molar-refractivity contribution is 0.0888. The third-order valence-electron chi connectivity index (χ3n) is 6.34. The number of halogens is 1. The Morgan fingerprint density at radius 3 is 2.68 bits per heavy atom. The summed E-state index contributed by atoms with van der Waals surface area (Å²) in [5, 5.41) is 10.9. The third-order valence-corrected chi connectivity index (χ3v) is 6.34. The predicted octanol–water partition coefficient (Wildman–Crippen LogP) is 3.88. The molecule has 1 aliphatic carbocycles. The molecule has 2 aliphatic rings. The molecule has 1 heterocycles. The van der Waals surface area contributed by atoms with Crippen molar-refractivity contribution in [2.24, 2.45) is 10.9 Å². The van der Waals surface area contributed by atoms with E-state index in [1.165, 1.54) is 31.2 Å². The summed E-state index contributed by atoms with van der Waals surface area (Å²) in [5.74, 6) is 1.46. The first-order chi connectivity index (χ1) is 14.7.